The van der Waals surface area contributed by atoms with Gasteiger partial charge in [0, 0.05) is 28.5 Å². The van der Waals surface area contributed by atoms with Gasteiger partial charge in [0.15, 0.2) is 0 Å². The molecule has 0 aliphatic heterocycles. The maximum absolute atomic E-state index is 12.3. The van der Waals surface area contributed by atoms with Crippen molar-refractivity contribution < 1.29 is 9.59 Å². The average molecular weight is 385 g/mol. The van der Waals surface area contributed by atoms with Gasteiger partial charge in [-0.3, -0.25) is 20.4 Å². The van der Waals surface area contributed by atoms with Crippen molar-refractivity contribution in [2.45, 2.75) is 33.7 Å². The predicted octanol–water partition coefficient (Wildman–Crippen LogP) is 3.54. The molecule has 1 aromatic heterocycles. The second kappa shape index (κ2) is 9.06. The second-order valence-corrected chi connectivity index (χ2v) is 6.50. The molecule has 2 aromatic rings. The molecule has 0 spiro atoms. The van der Waals surface area contributed by atoms with Crippen molar-refractivity contribution in [3.63, 3.8) is 0 Å². The Balaban J connectivity index is 2.11. The van der Waals surface area contributed by atoms with Crippen molar-refractivity contribution in [1.82, 2.24) is 15.4 Å². The lowest BCUT2D eigenvalue weighted by molar-refractivity contribution is -0.117. The van der Waals surface area contributed by atoms with Crippen LogP contribution < -0.4 is 10.9 Å². The van der Waals surface area contributed by atoms with Gasteiger partial charge in [0.25, 0.3) is 11.8 Å². The van der Waals surface area contributed by atoms with E-state index in [9.17, 15) is 14.9 Å². The normalized spacial score (nSPS) is 11.0. The molecule has 0 unspecified atom stereocenters. The number of carbonyl (C=O) groups excluding carboxylic acids is 2. The smallest absolute Gasteiger partial charge is 0.280 e. The Bertz CT molecular complexity index is 921. The van der Waals surface area contributed by atoms with E-state index >= 15 is 0 Å². The molecule has 27 heavy (non-hydrogen) atoms. The Labute approximate surface area is 163 Å². The first kappa shape index (κ1) is 20.3. The molecule has 2 N–H and O–H groups in total. The Morgan fingerprint density at radius 3 is 2.48 bits per heavy atom. The maximum Gasteiger partial charge on any atom is 0.280 e. The van der Waals surface area contributed by atoms with Crippen LogP contribution in [0.15, 0.2) is 35.9 Å². The van der Waals surface area contributed by atoms with Gasteiger partial charge >= 0.3 is 0 Å². The van der Waals surface area contributed by atoms with Crippen molar-refractivity contribution in [3.05, 3.63) is 63.4 Å². The van der Waals surface area contributed by atoms with E-state index in [1.807, 2.05) is 26.0 Å². The minimum atomic E-state index is -0.680. The number of rotatable bonds is 5. The van der Waals surface area contributed by atoms with E-state index in [4.69, 9.17) is 11.6 Å². The predicted molar refractivity (Wildman–Crippen MR) is 105 cm³/mol. The van der Waals surface area contributed by atoms with E-state index in [-0.39, 0.29) is 5.57 Å². The number of carbonyl (C=O) groups is 2. The fourth-order valence-electron chi connectivity index (χ4n) is 2.70. The summed E-state index contributed by atoms with van der Waals surface area (Å²) in [4.78, 5) is 24.3. The molecule has 2 rings (SSSR count). The standard InChI is InChI=1S/C20H21ClN4O2/c1-4-9-25-13(2)10-16(14(25)3)11-17(12-22)20(27)24-23-19(26)15-5-7-18(21)8-6-15/h5-8,10-11H,4,9H2,1-3H3,(H,23,26)(H,24,27)/b17-11+. The SMILES string of the molecule is CCCn1c(C)cc(/C=C(\C#N)C(=O)NNC(=O)c2ccc(Cl)cc2)c1C. The van der Waals surface area contributed by atoms with Crippen LogP contribution in [0.25, 0.3) is 6.08 Å². The largest absolute Gasteiger partial charge is 0.349 e. The van der Waals surface area contributed by atoms with E-state index in [2.05, 4.69) is 22.3 Å². The topological polar surface area (TPSA) is 86.9 Å². The van der Waals surface area contributed by atoms with Gasteiger partial charge in [-0.1, -0.05) is 18.5 Å². The van der Waals surface area contributed by atoms with Crippen LogP contribution in [-0.4, -0.2) is 16.4 Å². The first-order chi connectivity index (χ1) is 12.9. The summed E-state index contributed by atoms with van der Waals surface area (Å²) in [6.07, 6.45) is 2.51. The van der Waals surface area contributed by atoms with Crippen LogP contribution in [-0.2, 0) is 11.3 Å². The molecule has 0 saturated carbocycles. The lowest BCUT2D eigenvalue weighted by Crippen LogP contribution is -2.42. The quantitative estimate of drug-likeness (QED) is 0.469. The molecule has 7 heteroatoms. The first-order valence-electron chi connectivity index (χ1n) is 8.52. The minimum Gasteiger partial charge on any atom is -0.349 e. The zero-order valence-electron chi connectivity index (χ0n) is 15.5. The molecule has 0 fully saturated rings. The summed E-state index contributed by atoms with van der Waals surface area (Å²) in [6.45, 7) is 6.89. The van der Waals surface area contributed by atoms with Crippen LogP contribution in [0.4, 0.5) is 0 Å². The van der Waals surface area contributed by atoms with Crippen LogP contribution in [0, 0.1) is 25.2 Å². The highest BCUT2D eigenvalue weighted by Crippen LogP contribution is 2.18. The molecule has 2 amide bonds. The number of amides is 2. The summed E-state index contributed by atoms with van der Waals surface area (Å²) in [5, 5.41) is 9.83. The van der Waals surface area contributed by atoms with E-state index in [0.717, 1.165) is 29.9 Å². The van der Waals surface area contributed by atoms with Crippen LogP contribution in [0.2, 0.25) is 5.02 Å². The summed E-state index contributed by atoms with van der Waals surface area (Å²) in [5.74, 6) is -1.18. The van der Waals surface area contributed by atoms with E-state index < -0.39 is 11.8 Å². The van der Waals surface area contributed by atoms with E-state index in [1.54, 1.807) is 12.1 Å². The van der Waals surface area contributed by atoms with Gasteiger partial charge in [-0.15, -0.1) is 0 Å². The molecule has 0 aliphatic rings. The Kier molecular flexibility index (Phi) is 6.80. The third kappa shape index (κ3) is 4.99. The highest BCUT2D eigenvalue weighted by molar-refractivity contribution is 6.30. The van der Waals surface area contributed by atoms with Crippen molar-refractivity contribution in [2.75, 3.05) is 0 Å². The fraction of sp³-hybridized carbons (Fsp3) is 0.250. The van der Waals surface area contributed by atoms with Gasteiger partial charge < -0.3 is 4.57 Å². The third-order valence-corrected chi connectivity index (χ3v) is 4.37. The van der Waals surface area contributed by atoms with E-state index in [0.29, 0.717) is 10.6 Å². The monoisotopic (exact) mass is 384 g/mol. The second-order valence-electron chi connectivity index (χ2n) is 6.06. The molecule has 0 radical (unpaired) electrons. The summed E-state index contributed by atoms with van der Waals surface area (Å²) in [6, 6.07) is 10.0. The van der Waals surface area contributed by atoms with Crippen LogP contribution in [0.1, 0.15) is 40.7 Å². The molecule has 6 nitrogen and oxygen atoms in total. The summed E-state index contributed by atoms with van der Waals surface area (Å²) < 4.78 is 2.14. The van der Waals surface area contributed by atoms with Crippen molar-refractivity contribution in [1.29, 1.82) is 5.26 Å². The lowest BCUT2D eigenvalue weighted by atomic mass is 10.1. The number of halogens is 1. The Morgan fingerprint density at radius 1 is 1.22 bits per heavy atom. The average Bonchev–Trinajstić information content (AvgIpc) is 2.92. The van der Waals surface area contributed by atoms with Gasteiger partial charge in [-0.2, -0.15) is 5.26 Å². The third-order valence-electron chi connectivity index (χ3n) is 4.12. The fourth-order valence-corrected chi connectivity index (χ4v) is 2.83. The molecule has 140 valence electrons. The number of hydrogen-bond acceptors (Lipinski definition) is 3. The van der Waals surface area contributed by atoms with E-state index in [1.165, 1.54) is 18.2 Å². The lowest BCUT2D eigenvalue weighted by Gasteiger charge is -2.08. The van der Waals surface area contributed by atoms with Gasteiger partial charge in [-0.05, 0) is 62.2 Å². The summed E-state index contributed by atoms with van der Waals surface area (Å²) >= 11 is 5.78. The number of nitrogens with one attached hydrogen (secondary N) is 2. The Morgan fingerprint density at radius 2 is 1.89 bits per heavy atom. The molecule has 0 saturated heterocycles. The number of aryl methyl sites for hydroxylation is 1. The molecule has 1 aromatic carbocycles. The van der Waals surface area contributed by atoms with Gasteiger partial charge in [0.1, 0.15) is 11.6 Å². The first-order valence-corrected chi connectivity index (χ1v) is 8.90. The van der Waals surface area contributed by atoms with Gasteiger partial charge in [-0.25, -0.2) is 0 Å². The highest BCUT2D eigenvalue weighted by atomic mass is 35.5. The molecular formula is C20H21ClN4O2. The zero-order valence-corrected chi connectivity index (χ0v) is 16.2. The van der Waals surface area contributed by atoms with Crippen molar-refractivity contribution in [2.24, 2.45) is 0 Å². The van der Waals surface area contributed by atoms with Gasteiger partial charge in [0.2, 0.25) is 0 Å². The zero-order chi connectivity index (χ0) is 20.0. The summed E-state index contributed by atoms with van der Waals surface area (Å²) in [5.41, 5.74) is 7.65. The Hall–Kier alpha value is -3.04. The number of hydrogen-bond donors (Lipinski definition) is 2. The van der Waals surface area contributed by atoms with Crippen molar-refractivity contribution >= 4 is 29.5 Å². The van der Waals surface area contributed by atoms with Crippen molar-refractivity contribution in [3.8, 4) is 6.07 Å². The minimum absolute atomic E-state index is 0.0943. The summed E-state index contributed by atoms with van der Waals surface area (Å²) in [7, 11) is 0. The van der Waals surface area contributed by atoms with Crippen LogP contribution in [0.3, 0.4) is 0 Å². The number of hydrazine groups is 1. The number of benzene rings is 1. The highest BCUT2D eigenvalue weighted by Gasteiger charge is 2.14. The molecule has 0 bridgehead atoms. The molecule has 0 aliphatic carbocycles. The van der Waals surface area contributed by atoms with Crippen LogP contribution >= 0.6 is 11.6 Å². The van der Waals surface area contributed by atoms with Gasteiger partial charge in [0.05, 0.1) is 0 Å². The molecule has 1 heterocycles. The maximum atomic E-state index is 12.3. The molecule has 0 atom stereocenters. The number of aromatic nitrogens is 1. The molecular weight excluding hydrogens is 364 g/mol. The van der Waals surface area contributed by atoms with Crippen LogP contribution in [0.5, 0.6) is 0 Å². The number of nitriles is 1. The number of nitrogens with zero attached hydrogens (tertiary/aromatic N) is 2.